The van der Waals surface area contributed by atoms with Crippen molar-refractivity contribution in [1.82, 2.24) is 18.5 Å². The molecule has 2 aromatic rings. The molecule has 1 saturated heterocycles. The molecule has 1 aromatic carbocycles. The number of hydrogen-bond acceptors (Lipinski definition) is 5. The minimum absolute atomic E-state index is 0.165. The molecular formula is C21H30N4O2S2. The van der Waals surface area contributed by atoms with Crippen LogP contribution in [0.15, 0.2) is 35.7 Å². The van der Waals surface area contributed by atoms with Crippen molar-refractivity contribution < 1.29 is 8.42 Å². The molecule has 0 unspecified atom stereocenters. The number of hydrogen-bond donors (Lipinski definition) is 0. The molecule has 2 aliphatic rings. The first-order valence-electron chi connectivity index (χ1n) is 10.5. The number of aromatic nitrogens is 1. The molecule has 0 N–H and O–H groups in total. The van der Waals surface area contributed by atoms with E-state index in [1.54, 1.807) is 27.0 Å². The normalized spacial score (nSPS) is 20.3. The van der Waals surface area contributed by atoms with Crippen LogP contribution in [-0.2, 0) is 16.8 Å². The van der Waals surface area contributed by atoms with Gasteiger partial charge in [0.1, 0.15) is 5.01 Å². The molecule has 1 aliphatic carbocycles. The van der Waals surface area contributed by atoms with Crippen LogP contribution in [0.5, 0.6) is 0 Å². The Balaban J connectivity index is 1.32. The summed E-state index contributed by atoms with van der Waals surface area (Å²) in [7, 11) is -1.60. The van der Waals surface area contributed by atoms with Crippen molar-refractivity contribution in [2.24, 2.45) is 0 Å². The van der Waals surface area contributed by atoms with Crippen molar-refractivity contribution >= 4 is 21.5 Å². The molecule has 0 amide bonds. The van der Waals surface area contributed by atoms with Gasteiger partial charge in [-0.3, -0.25) is 4.90 Å². The van der Waals surface area contributed by atoms with Crippen molar-refractivity contribution in [3.05, 3.63) is 41.4 Å². The van der Waals surface area contributed by atoms with Gasteiger partial charge in [-0.1, -0.05) is 49.6 Å². The van der Waals surface area contributed by atoms with E-state index in [4.69, 9.17) is 4.98 Å². The molecule has 8 heteroatoms. The van der Waals surface area contributed by atoms with Crippen molar-refractivity contribution in [3.8, 4) is 10.6 Å². The Kier molecular flexibility index (Phi) is 6.66. The second kappa shape index (κ2) is 9.22. The van der Waals surface area contributed by atoms with E-state index >= 15 is 0 Å². The van der Waals surface area contributed by atoms with Gasteiger partial charge in [-0.2, -0.15) is 17.0 Å². The van der Waals surface area contributed by atoms with Crippen molar-refractivity contribution in [3.63, 3.8) is 0 Å². The number of benzene rings is 1. The largest absolute Gasteiger partial charge is 0.295 e. The van der Waals surface area contributed by atoms with Crippen molar-refractivity contribution in [2.75, 3.05) is 33.2 Å². The Labute approximate surface area is 178 Å². The summed E-state index contributed by atoms with van der Waals surface area (Å²) >= 11 is 1.66. The fourth-order valence-electron chi connectivity index (χ4n) is 4.26. The van der Waals surface area contributed by atoms with Crippen molar-refractivity contribution in [2.45, 2.75) is 44.7 Å². The zero-order valence-corrected chi connectivity index (χ0v) is 18.7. The minimum atomic E-state index is -3.36. The SMILES string of the molecule is CN(C1CCCCC1)S(=O)(=O)N1CCN(Cc2csc(-c3ccccc3)n2)CC1. The lowest BCUT2D eigenvalue weighted by atomic mass is 9.96. The van der Waals surface area contributed by atoms with E-state index in [1.807, 2.05) is 18.2 Å². The highest BCUT2D eigenvalue weighted by Gasteiger charge is 2.34. The third kappa shape index (κ3) is 4.88. The third-order valence-electron chi connectivity index (χ3n) is 6.07. The van der Waals surface area contributed by atoms with E-state index < -0.39 is 10.2 Å². The van der Waals surface area contributed by atoms with Crippen LogP contribution < -0.4 is 0 Å². The standard InChI is InChI=1S/C21H30N4O2S2/c1-23(20-10-6-3-7-11-20)29(26,27)25-14-12-24(13-15-25)16-19-17-28-21(22-19)18-8-4-2-5-9-18/h2,4-5,8-9,17,20H,3,6-7,10-16H2,1H3. The molecule has 1 aromatic heterocycles. The Hall–Kier alpha value is -1.32. The summed E-state index contributed by atoms with van der Waals surface area (Å²) in [4.78, 5) is 7.07. The summed E-state index contributed by atoms with van der Waals surface area (Å²) in [5.41, 5.74) is 2.20. The zero-order valence-electron chi connectivity index (χ0n) is 17.0. The maximum Gasteiger partial charge on any atom is 0.282 e. The Morgan fingerprint density at radius 3 is 2.45 bits per heavy atom. The van der Waals surface area contributed by atoms with Crippen LogP contribution in [0.2, 0.25) is 0 Å². The predicted molar refractivity (Wildman–Crippen MR) is 118 cm³/mol. The van der Waals surface area contributed by atoms with Crippen LogP contribution in [0.4, 0.5) is 0 Å². The number of piperazine rings is 1. The molecular weight excluding hydrogens is 404 g/mol. The van der Waals surface area contributed by atoms with Gasteiger partial charge in [-0.05, 0) is 12.8 Å². The van der Waals surface area contributed by atoms with Gasteiger partial charge in [0.25, 0.3) is 10.2 Å². The van der Waals surface area contributed by atoms with Gasteiger partial charge in [0.2, 0.25) is 0 Å². The molecule has 2 fully saturated rings. The van der Waals surface area contributed by atoms with Gasteiger partial charge >= 0.3 is 0 Å². The number of rotatable bonds is 6. The highest BCUT2D eigenvalue weighted by Crippen LogP contribution is 2.26. The second-order valence-electron chi connectivity index (χ2n) is 8.00. The van der Waals surface area contributed by atoms with Gasteiger partial charge in [0.05, 0.1) is 5.69 Å². The number of thiazole rings is 1. The van der Waals surface area contributed by atoms with E-state index in [0.717, 1.165) is 61.6 Å². The molecule has 158 valence electrons. The summed E-state index contributed by atoms with van der Waals surface area (Å²) in [6.07, 6.45) is 5.48. The van der Waals surface area contributed by atoms with Crippen LogP contribution in [-0.4, -0.2) is 66.2 Å². The summed E-state index contributed by atoms with van der Waals surface area (Å²) in [5, 5.41) is 3.15. The lowest BCUT2D eigenvalue weighted by Crippen LogP contribution is -2.54. The maximum absolute atomic E-state index is 13.0. The van der Waals surface area contributed by atoms with Crippen LogP contribution in [0.25, 0.3) is 10.6 Å². The average Bonchev–Trinajstić information content (AvgIpc) is 3.23. The van der Waals surface area contributed by atoms with Crippen LogP contribution in [0, 0.1) is 0 Å². The fraction of sp³-hybridized carbons (Fsp3) is 0.571. The smallest absolute Gasteiger partial charge is 0.282 e. The third-order valence-corrected chi connectivity index (χ3v) is 9.05. The highest BCUT2D eigenvalue weighted by atomic mass is 32.2. The summed E-state index contributed by atoms with van der Waals surface area (Å²) in [6.45, 7) is 3.37. The van der Waals surface area contributed by atoms with Gasteiger partial charge < -0.3 is 0 Å². The molecule has 6 nitrogen and oxygen atoms in total. The molecule has 4 rings (SSSR count). The lowest BCUT2D eigenvalue weighted by Gasteiger charge is -2.38. The van der Waals surface area contributed by atoms with E-state index in [9.17, 15) is 8.42 Å². The van der Waals surface area contributed by atoms with E-state index in [0.29, 0.717) is 13.1 Å². The zero-order chi connectivity index (χ0) is 20.3. The summed E-state index contributed by atoms with van der Waals surface area (Å²) in [5.74, 6) is 0. The Morgan fingerprint density at radius 2 is 1.76 bits per heavy atom. The highest BCUT2D eigenvalue weighted by molar-refractivity contribution is 7.86. The van der Waals surface area contributed by atoms with Gasteiger partial charge in [0.15, 0.2) is 0 Å². The molecule has 0 atom stereocenters. The first kappa shape index (κ1) is 20.9. The van der Waals surface area contributed by atoms with Crippen LogP contribution >= 0.6 is 11.3 Å². The fourth-order valence-corrected chi connectivity index (χ4v) is 6.65. The van der Waals surface area contributed by atoms with Gasteiger partial charge in [-0.15, -0.1) is 11.3 Å². The molecule has 1 saturated carbocycles. The average molecular weight is 435 g/mol. The van der Waals surface area contributed by atoms with E-state index in [2.05, 4.69) is 22.4 Å². The number of nitrogens with zero attached hydrogens (tertiary/aromatic N) is 4. The van der Waals surface area contributed by atoms with Crippen LogP contribution in [0.3, 0.4) is 0 Å². The van der Waals surface area contributed by atoms with Gasteiger partial charge in [0, 0.05) is 56.8 Å². The van der Waals surface area contributed by atoms with Crippen molar-refractivity contribution in [1.29, 1.82) is 0 Å². The monoisotopic (exact) mass is 434 g/mol. The molecule has 29 heavy (non-hydrogen) atoms. The predicted octanol–water partition coefficient (Wildman–Crippen LogP) is 3.44. The first-order valence-corrected chi connectivity index (χ1v) is 12.8. The molecule has 1 aliphatic heterocycles. The van der Waals surface area contributed by atoms with E-state index in [-0.39, 0.29) is 6.04 Å². The molecule has 0 spiro atoms. The second-order valence-corrected chi connectivity index (χ2v) is 10.8. The van der Waals surface area contributed by atoms with E-state index in [1.165, 1.54) is 6.42 Å². The molecule has 0 bridgehead atoms. The van der Waals surface area contributed by atoms with Gasteiger partial charge in [-0.25, -0.2) is 4.98 Å². The first-order chi connectivity index (χ1) is 14.0. The minimum Gasteiger partial charge on any atom is -0.295 e. The summed E-state index contributed by atoms with van der Waals surface area (Å²) in [6, 6.07) is 10.4. The Morgan fingerprint density at radius 1 is 1.07 bits per heavy atom. The molecule has 0 radical (unpaired) electrons. The molecule has 2 heterocycles. The van der Waals surface area contributed by atoms with Crippen LogP contribution in [0.1, 0.15) is 37.8 Å². The maximum atomic E-state index is 13.0. The topological polar surface area (TPSA) is 56.8 Å². The lowest BCUT2D eigenvalue weighted by molar-refractivity contribution is 0.169. The Bertz CT molecular complexity index is 886. The summed E-state index contributed by atoms with van der Waals surface area (Å²) < 4.78 is 29.4. The quantitative estimate of drug-likeness (QED) is 0.699.